The van der Waals surface area contributed by atoms with Gasteiger partial charge in [-0.05, 0) is 43.9 Å². The van der Waals surface area contributed by atoms with Crippen molar-refractivity contribution in [1.82, 2.24) is 0 Å². The topological polar surface area (TPSA) is 9.23 Å². The first-order valence-corrected chi connectivity index (χ1v) is 10.1. The molecule has 0 spiro atoms. The lowest BCUT2D eigenvalue weighted by atomic mass is 9.72. The summed E-state index contributed by atoms with van der Waals surface area (Å²) in [7, 11) is 0. The van der Waals surface area contributed by atoms with Gasteiger partial charge in [-0.15, -0.1) is 0 Å². The van der Waals surface area contributed by atoms with Crippen LogP contribution in [0.1, 0.15) is 65.2 Å². The predicted molar refractivity (Wildman–Crippen MR) is 94.6 cm³/mol. The lowest BCUT2D eigenvalue weighted by Gasteiger charge is -2.41. The molecule has 0 amide bonds. The van der Waals surface area contributed by atoms with Crippen LogP contribution in [-0.2, 0) is 4.74 Å². The molecule has 1 aliphatic heterocycles. The molecule has 0 radical (unpaired) electrons. The fraction of sp³-hybridized carbons (Fsp3) is 0.810. The fourth-order valence-electron chi connectivity index (χ4n) is 4.71. The Bertz CT molecular complexity index is 550. The summed E-state index contributed by atoms with van der Waals surface area (Å²) >= 11 is 0. The molecule has 2 atom stereocenters. The van der Waals surface area contributed by atoms with Gasteiger partial charge in [0, 0.05) is 17.1 Å². The Labute approximate surface area is 153 Å². The highest BCUT2D eigenvalue weighted by Gasteiger charge is 2.64. The third kappa shape index (κ3) is 3.61. The molecule has 0 aromatic rings. The van der Waals surface area contributed by atoms with Crippen LogP contribution in [-0.4, -0.2) is 24.6 Å². The van der Waals surface area contributed by atoms with Crippen molar-refractivity contribution in [3.8, 4) is 0 Å². The van der Waals surface area contributed by atoms with E-state index in [0.29, 0.717) is 31.6 Å². The van der Waals surface area contributed by atoms with E-state index in [2.05, 4.69) is 6.92 Å². The number of rotatable bonds is 4. The van der Waals surface area contributed by atoms with Gasteiger partial charge < -0.3 is 4.74 Å². The summed E-state index contributed by atoms with van der Waals surface area (Å²) in [6, 6.07) is 0. The highest BCUT2D eigenvalue weighted by molar-refractivity contribution is 5.40. The molecule has 26 heavy (non-hydrogen) atoms. The Hall–Kier alpha value is -0.840. The Balaban J connectivity index is 1.79. The van der Waals surface area contributed by atoms with Crippen molar-refractivity contribution in [2.45, 2.75) is 83.2 Å². The van der Waals surface area contributed by atoms with Crippen LogP contribution in [0.25, 0.3) is 0 Å². The molecule has 0 N–H and O–H groups in total. The third-order valence-electron chi connectivity index (χ3n) is 6.44. The molecule has 1 nitrogen and oxygen atoms in total. The van der Waals surface area contributed by atoms with Gasteiger partial charge in [0.25, 0.3) is 0 Å². The summed E-state index contributed by atoms with van der Waals surface area (Å²) in [6.07, 6.45) is 8.47. The number of allylic oxidation sites excluding steroid dienone is 3. The Morgan fingerprint density at radius 1 is 0.885 bits per heavy atom. The number of alkyl halides is 4. The Morgan fingerprint density at radius 3 is 1.92 bits per heavy atom. The highest BCUT2D eigenvalue weighted by Crippen LogP contribution is 2.54. The zero-order chi connectivity index (χ0) is 18.9. The maximum absolute atomic E-state index is 14.8. The molecule has 0 aromatic carbocycles. The summed E-state index contributed by atoms with van der Waals surface area (Å²) in [5, 5.41) is 0. The molecule has 2 fully saturated rings. The molecule has 5 heteroatoms. The van der Waals surface area contributed by atoms with E-state index in [4.69, 9.17) is 4.74 Å². The van der Waals surface area contributed by atoms with Gasteiger partial charge in [0.15, 0.2) is 0 Å². The molecule has 148 valence electrons. The van der Waals surface area contributed by atoms with Crippen molar-refractivity contribution in [2.75, 3.05) is 6.61 Å². The molecule has 1 saturated carbocycles. The van der Waals surface area contributed by atoms with Crippen LogP contribution < -0.4 is 0 Å². The lowest BCUT2D eigenvalue weighted by Crippen LogP contribution is -2.50. The van der Waals surface area contributed by atoms with Gasteiger partial charge in [0.05, 0.1) is 12.7 Å². The minimum Gasteiger partial charge on any atom is -0.378 e. The second-order valence-corrected chi connectivity index (χ2v) is 8.37. The monoisotopic (exact) mass is 374 g/mol. The van der Waals surface area contributed by atoms with Gasteiger partial charge >= 0.3 is 11.8 Å². The maximum Gasteiger partial charge on any atom is 0.336 e. The normalized spacial score (nSPS) is 37.0. The Kier molecular flexibility index (Phi) is 5.86. The van der Waals surface area contributed by atoms with Gasteiger partial charge in [0.2, 0.25) is 0 Å². The third-order valence-corrected chi connectivity index (χ3v) is 6.44. The van der Waals surface area contributed by atoms with Gasteiger partial charge in [-0.1, -0.05) is 45.3 Å². The van der Waals surface area contributed by atoms with Crippen molar-refractivity contribution in [3.63, 3.8) is 0 Å². The van der Waals surface area contributed by atoms with Crippen molar-refractivity contribution < 1.29 is 22.3 Å². The molecule has 3 aliphatic rings. The van der Waals surface area contributed by atoms with Crippen LogP contribution in [0.5, 0.6) is 0 Å². The van der Waals surface area contributed by atoms with E-state index >= 15 is 0 Å². The largest absolute Gasteiger partial charge is 0.378 e. The summed E-state index contributed by atoms with van der Waals surface area (Å²) in [5.74, 6) is -8.77. The van der Waals surface area contributed by atoms with Crippen molar-refractivity contribution in [2.24, 2.45) is 17.8 Å². The van der Waals surface area contributed by atoms with E-state index in [0.717, 1.165) is 25.7 Å². The fourth-order valence-corrected chi connectivity index (χ4v) is 4.71. The Morgan fingerprint density at radius 2 is 1.42 bits per heavy atom. The molecule has 0 aromatic heterocycles. The molecule has 2 unspecified atom stereocenters. The molecular weight excluding hydrogens is 344 g/mol. The van der Waals surface area contributed by atoms with E-state index in [1.807, 2.05) is 6.92 Å². The second kappa shape index (κ2) is 7.65. The van der Waals surface area contributed by atoms with Crippen LogP contribution in [0.15, 0.2) is 23.3 Å². The van der Waals surface area contributed by atoms with Crippen LogP contribution in [0.3, 0.4) is 0 Å². The molecule has 2 aliphatic carbocycles. The standard InChI is InChI=1S/C21H30F4O/c1-3-4-17-10-9-16(13-26-17)19-12-11-18(20(22,23)21(19,24)25)15-7-5-14(2)6-8-15/h11-12,14-17H,3-10,13H2,1-2H3. The van der Waals surface area contributed by atoms with E-state index in [1.165, 1.54) is 12.2 Å². The highest BCUT2D eigenvalue weighted by atomic mass is 19.3. The average molecular weight is 374 g/mol. The van der Waals surface area contributed by atoms with Gasteiger partial charge in [-0.3, -0.25) is 0 Å². The minimum atomic E-state index is -4.12. The zero-order valence-corrected chi connectivity index (χ0v) is 15.7. The first-order valence-electron chi connectivity index (χ1n) is 10.1. The van der Waals surface area contributed by atoms with E-state index in [1.54, 1.807) is 0 Å². The van der Waals surface area contributed by atoms with Gasteiger partial charge in [-0.25, -0.2) is 0 Å². The predicted octanol–water partition coefficient (Wildman–Crippen LogP) is 6.55. The zero-order valence-electron chi connectivity index (χ0n) is 15.7. The van der Waals surface area contributed by atoms with E-state index in [-0.39, 0.29) is 18.3 Å². The lowest BCUT2D eigenvalue weighted by molar-refractivity contribution is -0.176. The van der Waals surface area contributed by atoms with Crippen molar-refractivity contribution in [3.05, 3.63) is 23.3 Å². The molecule has 0 bridgehead atoms. The SMILES string of the molecule is CCCC1CCC(C2=CC=C(C3CCC(C)CC3)C(F)(F)C2(F)F)CO1. The number of hydrogen-bond acceptors (Lipinski definition) is 1. The molecule has 1 saturated heterocycles. The summed E-state index contributed by atoms with van der Waals surface area (Å²) in [4.78, 5) is 0. The van der Waals surface area contributed by atoms with Crippen LogP contribution in [0.2, 0.25) is 0 Å². The number of hydrogen-bond donors (Lipinski definition) is 0. The first-order chi connectivity index (χ1) is 12.3. The number of ether oxygens (including phenoxy) is 1. The quantitative estimate of drug-likeness (QED) is 0.507. The summed E-state index contributed by atoms with van der Waals surface area (Å²) in [5.41, 5.74) is -0.802. The van der Waals surface area contributed by atoms with E-state index in [9.17, 15) is 17.6 Å². The molecule has 1 heterocycles. The van der Waals surface area contributed by atoms with Crippen LogP contribution in [0.4, 0.5) is 17.6 Å². The first kappa shape index (κ1) is 19.9. The van der Waals surface area contributed by atoms with Gasteiger partial charge in [-0.2, -0.15) is 17.6 Å². The van der Waals surface area contributed by atoms with Crippen LogP contribution >= 0.6 is 0 Å². The molecular formula is C21H30F4O. The van der Waals surface area contributed by atoms with Gasteiger partial charge in [0.1, 0.15) is 0 Å². The van der Waals surface area contributed by atoms with Crippen molar-refractivity contribution >= 4 is 0 Å². The molecule has 3 rings (SSSR count). The second-order valence-electron chi connectivity index (χ2n) is 8.37. The summed E-state index contributed by atoms with van der Waals surface area (Å²) < 4.78 is 65.0. The van der Waals surface area contributed by atoms with Crippen molar-refractivity contribution in [1.29, 1.82) is 0 Å². The number of halogens is 4. The average Bonchev–Trinajstić information content (AvgIpc) is 2.60. The van der Waals surface area contributed by atoms with E-state index < -0.39 is 29.3 Å². The smallest absolute Gasteiger partial charge is 0.336 e. The summed E-state index contributed by atoms with van der Waals surface area (Å²) in [6.45, 7) is 4.25. The minimum absolute atomic E-state index is 0.0740. The van der Waals surface area contributed by atoms with Crippen LogP contribution in [0, 0.1) is 17.8 Å². The maximum atomic E-state index is 14.8.